The van der Waals surface area contributed by atoms with Crippen molar-refractivity contribution in [3.8, 4) is 0 Å². The molecule has 2 atom stereocenters. The van der Waals surface area contributed by atoms with Crippen molar-refractivity contribution in [3.63, 3.8) is 0 Å². The molecule has 2 unspecified atom stereocenters. The number of hydrogen-bond acceptors (Lipinski definition) is 7. The van der Waals surface area contributed by atoms with Gasteiger partial charge in [-0.15, -0.1) is 5.10 Å². The molecule has 2 aromatic heterocycles. The Hall–Kier alpha value is -3.20. The maximum absolute atomic E-state index is 12.2. The molecule has 1 aliphatic carbocycles. The summed E-state index contributed by atoms with van der Waals surface area (Å²) < 4.78 is 1.74. The minimum Gasteiger partial charge on any atom is -0.389 e. The molecule has 9 nitrogen and oxygen atoms in total. The van der Waals surface area contributed by atoms with E-state index in [1.165, 1.54) is 6.42 Å². The van der Waals surface area contributed by atoms with E-state index in [0.717, 1.165) is 61.5 Å². The quantitative estimate of drug-likeness (QED) is 0.566. The van der Waals surface area contributed by atoms with Crippen LogP contribution in [-0.2, 0) is 10.2 Å². The first-order chi connectivity index (χ1) is 15.8. The summed E-state index contributed by atoms with van der Waals surface area (Å²) in [7, 11) is 0. The molecule has 0 bridgehead atoms. The molecule has 3 aliphatic rings. The van der Waals surface area contributed by atoms with Crippen LogP contribution in [0.15, 0.2) is 30.6 Å². The van der Waals surface area contributed by atoms with Crippen molar-refractivity contribution in [1.29, 1.82) is 0 Å². The van der Waals surface area contributed by atoms with Gasteiger partial charge in [-0.25, -0.2) is 9.50 Å². The highest BCUT2D eigenvalue weighted by atomic mass is 16.3. The first-order valence-corrected chi connectivity index (χ1v) is 11.8. The molecular weight excluding hydrogens is 418 g/mol. The zero-order valence-corrected chi connectivity index (χ0v) is 19.0. The van der Waals surface area contributed by atoms with E-state index >= 15 is 0 Å². The summed E-state index contributed by atoms with van der Waals surface area (Å²) in [5.74, 6) is 1.55. The van der Waals surface area contributed by atoms with Gasteiger partial charge in [-0.05, 0) is 50.8 Å². The van der Waals surface area contributed by atoms with E-state index in [2.05, 4.69) is 25.6 Å². The lowest BCUT2D eigenvalue weighted by Crippen LogP contribution is -2.53. The van der Waals surface area contributed by atoms with Gasteiger partial charge in [-0.2, -0.15) is 4.98 Å². The van der Waals surface area contributed by atoms with Crippen molar-refractivity contribution in [1.82, 2.24) is 19.6 Å². The van der Waals surface area contributed by atoms with E-state index in [0.29, 0.717) is 11.6 Å². The highest BCUT2D eigenvalue weighted by Gasteiger charge is 2.43. The van der Waals surface area contributed by atoms with E-state index < -0.39 is 11.0 Å². The molecule has 1 aromatic carbocycles. The third kappa shape index (κ3) is 3.25. The molecule has 2 fully saturated rings. The number of carbonyl (C=O) groups is 1. The summed E-state index contributed by atoms with van der Waals surface area (Å²) in [6.07, 6.45) is 8.55. The van der Waals surface area contributed by atoms with Crippen molar-refractivity contribution in [2.45, 2.75) is 57.0 Å². The lowest BCUT2D eigenvalue weighted by atomic mass is 9.71. The zero-order valence-electron chi connectivity index (χ0n) is 19.0. The standard InChI is InChI=1S/C24H29N7O2/c1-23(2)17-7-6-16(13-18(17)27-21(23)32)26-22-28-20-19(25-10-12-31(20)29-22)30-11-9-24(33)8-4-3-5-15(24)14-30/h6-7,10,12-13,15,33H,3-5,8-9,11,14H2,1-2H3,(H,26,29)(H,27,32). The lowest BCUT2D eigenvalue weighted by molar-refractivity contribution is -0.119. The average molecular weight is 448 g/mol. The van der Waals surface area contributed by atoms with Gasteiger partial charge in [0.15, 0.2) is 11.5 Å². The third-order valence-electron chi connectivity index (χ3n) is 7.73. The van der Waals surface area contributed by atoms with Crippen molar-refractivity contribution < 1.29 is 9.90 Å². The molecule has 33 heavy (non-hydrogen) atoms. The number of hydrogen-bond donors (Lipinski definition) is 3. The first kappa shape index (κ1) is 20.4. The van der Waals surface area contributed by atoms with Crippen molar-refractivity contribution >= 4 is 34.7 Å². The Morgan fingerprint density at radius 1 is 1.24 bits per heavy atom. The smallest absolute Gasteiger partial charge is 0.247 e. The minimum absolute atomic E-state index is 0.00242. The molecule has 1 saturated heterocycles. The Labute approximate surface area is 192 Å². The van der Waals surface area contributed by atoms with Gasteiger partial charge in [0.25, 0.3) is 0 Å². The second-order valence-corrected chi connectivity index (χ2v) is 10.2. The van der Waals surface area contributed by atoms with Gasteiger partial charge < -0.3 is 20.6 Å². The van der Waals surface area contributed by atoms with Gasteiger partial charge in [-0.1, -0.05) is 18.9 Å². The molecular formula is C24H29N7O2. The maximum Gasteiger partial charge on any atom is 0.247 e. The second-order valence-electron chi connectivity index (χ2n) is 10.2. The highest BCUT2D eigenvalue weighted by molar-refractivity contribution is 6.06. The summed E-state index contributed by atoms with van der Waals surface area (Å²) in [6.45, 7) is 5.40. The van der Waals surface area contributed by atoms with Crippen LogP contribution in [0.4, 0.5) is 23.1 Å². The molecule has 4 heterocycles. The van der Waals surface area contributed by atoms with Gasteiger partial charge in [0.1, 0.15) is 0 Å². The largest absolute Gasteiger partial charge is 0.389 e. The van der Waals surface area contributed by atoms with Gasteiger partial charge in [0.05, 0.1) is 11.0 Å². The maximum atomic E-state index is 12.2. The highest BCUT2D eigenvalue weighted by Crippen LogP contribution is 2.41. The summed E-state index contributed by atoms with van der Waals surface area (Å²) in [6, 6.07) is 5.83. The fraction of sp³-hybridized carbons (Fsp3) is 0.500. The number of anilines is 4. The van der Waals surface area contributed by atoms with E-state index in [1.807, 2.05) is 32.0 Å². The Morgan fingerprint density at radius 3 is 3.00 bits per heavy atom. The van der Waals surface area contributed by atoms with Crippen molar-refractivity contribution in [2.24, 2.45) is 5.92 Å². The number of aromatic nitrogens is 4. The molecule has 1 amide bonds. The number of benzene rings is 1. The predicted molar refractivity (Wildman–Crippen MR) is 126 cm³/mol. The number of amides is 1. The van der Waals surface area contributed by atoms with Crippen LogP contribution < -0.4 is 15.5 Å². The molecule has 6 rings (SSSR count). The van der Waals surface area contributed by atoms with Crippen molar-refractivity contribution in [3.05, 3.63) is 36.2 Å². The molecule has 0 spiro atoms. The van der Waals surface area contributed by atoms with Crippen LogP contribution in [0.25, 0.3) is 5.65 Å². The van der Waals surface area contributed by atoms with Gasteiger partial charge >= 0.3 is 0 Å². The molecule has 1 saturated carbocycles. The number of fused-ring (bicyclic) bond motifs is 3. The van der Waals surface area contributed by atoms with Crippen LogP contribution in [0.1, 0.15) is 51.5 Å². The molecule has 2 aliphatic heterocycles. The summed E-state index contributed by atoms with van der Waals surface area (Å²) in [5, 5.41) is 21.8. The lowest BCUT2D eigenvalue weighted by Gasteiger charge is -2.47. The topological polar surface area (TPSA) is 108 Å². The number of carbonyl (C=O) groups excluding carboxylic acids is 1. The Morgan fingerprint density at radius 2 is 2.12 bits per heavy atom. The van der Waals surface area contributed by atoms with E-state index in [4.69, 9.17) is 4.98 Å². The first-order valence-electron chi connectivity index (χ1n) is 11.8. The molecule has 3 N–H and O–H groups in total. The normalized spacial score (nSPS) is 26.1. The predicted octanol–water partition coefficient (Wildman–Crippen LogP) is 3.23. The Balaban J connectivity index is 1.27. The van der Waals surface area contributed by atoms with Crippen LogP contribution in [0.5, 0.6) is 0 Å². The Bertz CT molecular complexity index is 1250. The van der Waals surface area contributed by atoms with E-state index in [-0.39, 0.29) is 11.8 Å². The Kier molecular flexibility index (Phi) is 4.42. The van der Waals surface area contributed by atoms with Crippen LogP contribution in [0.3, 0.4) is 0 Å². The second kappa shape index (κ2) is 7.15. The SMILES string of the molecule is CC1(C)C(=O)Nc2cc(Nc3nc4c(N5CCC6(O)CCCCC6C5)nccn4n3)ccc21. The molecule has 172 valence electrons. The van der Waals surface area contributed by atoms with Gasteiger partial charge in [0, 0.05) is 42.8 Å². The van der Waals surface area contributed by atoms with E-state index in [9.17, 15) is 9.90 Å². The number of nitrogens with one attached hydrogen (secondary N) is 2. The van der Waals surface area contributed by atoms with Gasteiger partial charge in [0.2, 0.25) is 11.9 Å². The summed E-state index contributed by atoms with van der Waals surface area (Å²) in [5.41, 5.74) is 2.24. The number of nitrogens with zero attached hydrogens (tertiary/aromatic N) is 5. The average Bonchev–Trinajstić information content (AvgIpc) is 3.30. The fourth-order valence-electron chi connectivity index (χ4n) is 5.64. The van der Waals surface area contributed by atoms with Crippen LogP contribution in [-0.4, -0.2) is 49.3 Å². The van der Waals surface area contributed by atoms with Crippen LogP contribution in [0.2, 0.25) is 0 Å². The molecule has 3 aromatic rings. The van der Waals surface area contributed by atoms with E-state index in [1.54, 1.807) is 16.9 Å². The van der Waals surface area contributed by atoms with Gasteiger partial charge in [-0.3, -0.25) is 4.79 Å². The zero-order chi connectivity index (χ0) is 22.8. The summed E-state index contributed by atoms with van der Waals surface area (Å²) in [4.78, 5) is 23.8. The minimum atomic E-state index is -0.533. The summed E-state index contributed by atoms with van der Waals surface area (Å²) >= 11 is 0. The van der Waals surface area contributed by atoms with Crippen LogP contribution in [0, 0.1) is 5.92 Å². The fourth-order valence-corrected chi connectivity index (χ4v) is 5.64. The monoisotopic (exact) mass is 447 g/mol. The molecule has 0 radical (unpaired) electrons. The van der Waals surface area contributed by atoms with Crippen molar-refractivity contribution in [2.75, 3.05) is 28.6 Å². The number of rotatable bonds is 3. The third-order valence-corrected chi connectivity index (χ3v) is 7.73. The number of aliphatic hydroxyl groups is 1. The molecule has 9 heteroatoms. The number of piperidine rings is 1. The van der Waals surface area contributed by atoms with Crippen LogP contribution >= 0.6 is 0 Å².